The number of hydrogen-bond acceptors (Lipinski definition) is 5. The normalized spacial score (nSPS) is 29.0. The van der Waals surface area contributed by atoms with E-state index in [0.717, 1.165) is 18.6 Å². The van der Waals surface area contributed by atoms with E-state index in [9.17, 15) is 0 Å². The quantitative estimate of drug-likeness (QED) is 0.840. The van der Waals surface area contributed by atoms with Crippen LogP contribution in [-0.2, 0) is 20.6 Å². The van der Waals surface area contributed by atoms with Crippen LogP contribution in [0.4, 0.5) is 0 Å². The van der Waals surface area contributed by atoms with Crippen molar-refractivity contribution in [2.24, 2.45) is 0 Å². The summed E-state index contributed by atoms with van der Waals surface area (Å²) in [6, 6.07) is 0. The molecule has 0 amide bonds. The molecule has 1 aromatic rings. The van der Waals surface area contributed by atoms with Gasteiger partial charge in [0.05, 0.1) is 30.5 Å². The molecular formula is C16H28BN3O3. The Hall–Kier alpha value is -0.885. The number of morpholine rings is 1. The van der Waals surface area contributed by atoms with Gasteiger partial charge in [-0.1, -0.05) is 0 Å². The number of hydrogen-bond donors (Lipinski definition) is 1. The maximum Gasteiger partial charge on any atom is 0.498 e. The molecule has 1 atom stereocenters. The molecule has 6 nitrogen and oxygen atoms in total. The summed E-state index contributed by atoms with van der Waals surface area (Å²) >= 11 is 0. The minimum absolute atomic E-state index is 0.0501. The third-order valence-corrected chi connectivity index (χ3v) is 5.06. The van der Waals surface area contributed by atoms with E-state index in [2.05, 4.69) is 52.0 Å². The highest BCUT2D eigenvalue weighted by Crippen LogP contribution is 2.36. The van der Waals surface area contributed by atoms with Gasteiger partial charge in [0.25, 0.3) is 0 Å². The third-order valence-electron chi connectivity index (χ3n) is 5.06. The maximum atomic E-state index is 6.06. The molecule has 128 valence electrons. The lowest BCUT2D eigenvalue weighted by atomic mass is 9.82. The summed E-state index contributed by atoms with van der Waals surface area (Å²) in [5, 5.41) is 7.93. The third kappa shape index (κ3) is 3.48. The van der Waals surface area contributed by atoms with Crippen molar-refractivity contribution in [2.75, 3.05) is 13.2 Å². The summed E-state index contributed by atoms with van der Waals surface area (Å²) in [4.78, 5) is 0. The summed E-state index contributed by atoms with van der Waals surface area (Å²) in [5.41, 5.74) is 0.338. The monoisotopic (exact) mass is 321 g/mol. The molecule has 0 radical (unpaired) electrons. The molecular weight excluding hydrogens is 293 g/mol. The van der Waals surface area contributed by atoms with E-state index in [1.807, 2.05) is 17.1 Å². The largest absolute Gasteiger partial charge is 0.498 e. The van der Waals surface area contributed by atoms with Gasteiger partial charge in [0.2, 0.25) is 0 Å². The smallest absolute Gasteiger partial charge is 0.399 e. The topological polar surface area (TPSA) is 57.5 Å². The Kier molecular flexibility index (Phi) is 4.12. The van der Waals surface area contributed by atoms with Crippen molar-refractivity contribution >= 4 is 12.6 Å². The molecule has 23 heavy (non-hydrogen) atoms. The van der Waals surface area contributed by atoms with E-state index in [4.69, 9.17) is 14.0 Å². The molecule has 0 aromatic carbocycles. The standard InChI is InChI=1S/C16H28BN3O3/c1-14(2)11-21-13(8-18-14)10-20-9-12(7-19-20)17-22-15(3,4)16(5,6)23-17/h7,9,13,18H,8,10-11H2,1-6H3/t13-/m1/s1. The lowest BCUT2D eigenvalue weighted by Crippen LogP contribution is -2.54. The SMILES string of the molecule is CC1(C)CO[C@@H](Cn2cc(B3OC(C)(C)C(C)(C)O3)cn2)CN1. The Bertz CT molecular complexity index is 545. The molecule has 2 fully saturated rings. The fraction of sp³-hybridized carbons (Fsp3) is 0.812. The number of ether oxygens (including phenoxy) is 1. The Morgan fingerprint density at radius 3 is 2.43 bits per heavy atom. The highest BCUT2D eigenvalue weighted by atomic mass is 16.7. The number of aromatic nitrogens is 2. The summed E-state index contributed by atoms with van der Waals surface area (Å²) < 4.78 is 19.9. The minimum atomic E-state index is -0.363. The zero-order valence-electron chi connectivity index (χ0n) is 15.0. The first-order valence-corrected chi connectivity index (χ1v) is 8.33. The van der Waals surface area contributed by atoms with Crippen molar-refractivity contribution in [2.45, 2.75) is 70.9 Å². The van der Waals surface area contributed by atoms with Crippen molar-refractivity contribution in [1.82, 2.24) is 15.1 Å². The molecule has 7 heteroatoms. The molecule has 3 heterocycles. The fourth-order valence-electron chi connectivity index (χ4n) is 2.73. The Balaban J connectivity index is 1.61. The molecule has 0 saturated carbocycles. The summed E-state index contributed by atoms with van der Waals surface area (Å²) in [7, 11) is -0.363. The van der Waals surface area contributed by atoms with Gasteiger partial charge in [0, 0.05) is 29.9 Å². The van der Waals surface area contributed by atoms with Gasteiger partial charge in [-0.05, 0) is 41.5 Å². The first kappa shape index (κ1) is 17.0. The van der Waals surface area contributed by atoms with Crippen LogP contribution >= 0.6 is 0 Å². The lowest BCUT2D eigenvalue weighted by molar-refractivity contribution is -0.0305. The number of nitrogens with zero attached hydrogens (tertiary/aromatic N) is 2. The van der Waals surface area contributed by atoms with E-state index >= 15 is 0 Å². The molecule has 0 bridgehead atoms. The summed E-state index contributed by atoms with van der Waals surface area (Å²) in [6.45, 7) is 14.8. The van der Waals surface area contributed by atoms with Crippen LogP contribution in [0, 0.1) is 0 Å². The highest BCUT2D eigenvalue weighted by molar-refractivity contribution is 6.61. The average molecular weight is 321 g/mol. The predicted molar refractivity (Wildman–Crippen MR) is 89.8 cm³/mol. The summed E-state index contributed by atoms with van der Waals surface area (Å²) in [5.74, 6) is 0. The minimum Gasteiger partial charge on any atom is -0.399 e. The van der Waals surface area contributed by atoms with E-state index < -0.39 is 0 Å². The van der Waals surface area contributed by atoms with Crippen LogP contribution in [0.1, 0.15) is 41.5 Å². The van der Waals surface area contributed by atoms with Crippen molar-refractivity contribution in [3.8, 4) is 0 Å². The summed E-state index contributed by atoms with van der Waals surface area (Å²) in [6.07, 6.45) is 3.95. The molecule has 2 aliphatic heterocycles. The second kappa shape index (κ2) is 5.58. The Morgan fingerprint density at radius 2 is 1.87 bits per heavy atom. The molecule has 0 aliphatic carbocycles. The molecule has 1 N–H and O–H groups in total. The molecule has 2 aliphatic rings. The van der Waals surface area contributed by atoms with Gasteiger partial charge in [0.1, 0.15) is 0 Å². The van der Waals surface area contributed by atoms with Crippen LogP contribution in [0.25, 0.3) is 0 Å². The van der Waals surface area contributed by atoms with Gasteiger partial charge in [-0.2, -0.15) is 5.10 Å². The fourth-order valence-corrected chi connectivity index (χ4v) is 2.73. The van der Waals surface area contributed by atoms with Gasteiger partial charge >= 0.3 is 7.12 Å². The van der Waals surface area contributed by atoms with Crippen molar-refractivity contribution in [3.63, 3.8) is 0 Å². The van der Waals surface area contributed by atoms with Crippen molar-refractivity contribution in [1.29, 1.82) is 0 Å². The zero-order valence-corrected chi connectivity index (χ0v) is 15.0. The van der Waals surface area contributed by atoms with Crippen LogP contribution < -0.4 is 10.8 Å². The van der Waals surface area contributed by atoms with Gasteiger partial charge in [0.15, 0.2) is 0 Å². The number of rotatable bonds is 3. The molecule has 1 aromatic heterocycles. The van der Waals surface area contributed by atoms with Crippen molar-refractivity contribution < 1.29 is 14.0 Å². The Morgan fingerprint density at radius 1 is 1.22 bits per heavy atom. The number of nitrogens with one attached hydrogen (secondary N) is 1. The van der Waals surface area contributed by atoms with Gasteiger partial charge in [-0.25, -0.2) is 0 Å². The van der Waals surface area contributed by atoms with Gasteiger partial charge in [-0.3, -0.25) is 4.68 Å². The molecule has 0 unspecified atom stereocenters. The second-order valence-corrected chi connectivity index (χ2v) is 8.28. The first-order valence-electron chi connectivity index (χ1n) is 8.33. The second-order valence-electron chi connectivity index (χ2n) is 8.28. The highest BCUT2D eigenvalue weighted by Gasteiger charge is 2.52. The Labute approximate surface area is 139 Å². The first-order chi connectivity index (χ1) is 10.6. The van der Waals surface area contributed by atoms with Crippen LogP contribution in [-0.4, -0.2) is 52.9 Å². The lowest BCUT2D eigenvalue weighted by Gasteiger charge is -2.35. The van der Waals surface area contributed by atoms with Crippen LogP contribution in [0.2, 0.25) is 0 Å². The van der Waals surface area contributed by atoms with Crippen LogP contribution in [0.3, 0.4) is 0 Å². The average Bonchev–Trinajstić information content (AvgIpc) is 2.96. The van der Waals surface area contributed by atoms with E-state index in [1.165, 1.54) is 0 Å². The molecule has 3 rings (SSSR count). The maximum absolute atomic E-state index is 6.06. The predicted octanol–water partition coefficient (Wildman–Crippen LogP) is 0.949. The molecule has 2 saturated heterocycles. The van der Waals surface area contributed by atoms with Crippen LogP contribution in [0.15, 0.2) is 12.4 Å². The van der Waals surface area contributed by atoms with E-state index in [0.29, 0.717) is 6.61 Å². The molecule has 0 spiro atoms. The van der Waals surface area contributed by atoms with E-state index in [-0.39, 0.29) is 30.0 Å². The zero-order chi connectivity index (χ0) is 16.9. The van der Waals surface area contributed by atoms with Crippen molar-refractivity contribution in [3.05, 3.63) is 12.4 Å². The van der Waals surface area contributed by atoms with Gasteiger partial charge < -0.3 is 19.4 Å². The van der Waals surface area contributed by atoms with Gasteiger partial charge in [-0.15, -0.1) is 0 Å². The van der Waals surface area contributed by atoms with E-state index in [1.54, 1.807) is 0 Å². The van der Waals surface area contributed by atoms with Crippen LogP contribution in [0.5, 0.6) is 0 Å².